The van der Waals surface area contributed by atoms with E-state index in [1.54, 1.807) is 14.1 Å². The summed E-state index contributed by atoms with van der Waals surface area (Å²) in [6.45, 7) is 0.998. The van der Waals surface area contributed by atoms with Crippen LogP contribution in [0.5, 0.6) is 0 Å². The van der Waals surface area contributed by atoms with Gasteiger partial charge in [0.1, 0.15) is 0 Å². The third-order valence-corrected chi connectivity index (χ3v) is 3.44. The minimum Gasteiger partial charge on any atom is -0.355 e. The highest BCUT2D eigenvalue weighted by molar-refractivity contribution is 5.85. The fourth-order valence-electron chi connectivity index (χ4n) is 2.31. The maximum absolute atomic E-state index is 11.9. The molecule has 18 heavy (non-hydrogen) atoms. The van der Waals surface area contributed by atoms with E-state index in [4.69, 9.17) is 5.73 Å². The second-order valence-corrected chi connectivity index (χ2v) is 4.86. The van der Waals surface area contributed by atoms with E-state index in [-0.39, 0.29) is 30.1 Å². The van der Waals surface area contributed by atoms with Gasteiger partial charge in [-0.3, -0.25) is 9.59 Å². The molecule has 0 radical (unpaired) electrons. The molecule has 1 rings (SSSR count). The van der Waals surface area contributed by atoms with Crippen LogP contribution in [0.25, 0.3) is 0 Å². The van der Waals surface area contributed by atoms with Crippen molar-refractivity contribution in [3.05, 3.63) is 0 Å². The third kappa shape index (κ3) is 4.82. The average molecular weight is 278 g/mol. The first-order valence-electron chi connectivity index (χ1n) is 6.24. The van der Waals surface area contributed by atoms with Crippen LogP contribution < -0.4 is 11.1 Å². The molecule has 1 aliphatic rings. The van der Waals surface area contributed by atoms with Gasteiger partial charge in [-0.05, 0) is 25.3 Å². The van der Waals surface area contributed by atoms with E-state index in [0.29, 0.717) is 25.4 Å². The highest BCUT2D eigenvalue weighted by Gasteiger charge is 2.31. The maximum atomic E-state index is 11.9. The van der Waals surface area contributed by atoms with Gasteiger partial charge in [0.05, 0.1) is 0 Å². The highest BCUT2D eigenvalue weighted by atomic mass is 35.5. The zero-order valence-corrected chi connectivity index (χ0v) is 12.0. The molecule has 0 unspecified atom stereocenters. The molecule has 5 nitrogen and oxygen atoms in total. The lowest BCUT2D eigenvalue weighted by Gasteiger charge is -2.17. The molecule has 0 spiro atoms. The maximum Gasteiger partial charge on any atom is 0.223 e. The zero-order valence-electron chi connectivity index (χ0n) is 11.1. The Kier molecular flexibility index (Phi) is 7.95. The van der Waals surface area contributed by atoms with Gasteiger partial charge in [0, 0.05) is 33.0 Å². The number of hydrogen-bond acceptors (Lipinski definition) is 3. The molecule has 0 aliphatic heterocycles. The quantitative estimate of drug-likeness (QED) is 0.763. The summed E-state index contributed by atoms with van der Waals surface area (Å²) in [4.78, 5) is 24.7. The van der Waals surface area contributed by atoms with Gasteiger partial charge < -0.3 is 16.0 Å². The molecule has 6 heteroatoms. The first kappa shape index (κ1) is 17.2. The van der Waals surface area contributed by atoms with Crippen LogP contribution in [0.4, 0.5) is 0 Å². The number of hydrogen-bond donors (Lipinski definition) is 2. The topological polar surface area (TPSA) is 75.4 Å². The Bertz CT molecular complexity index is 284. The van der Waals surface area contributed by atoms with Crippen LogP contribution in [-0.2, 0) is 9.59 Å². The fourth-order valence-corrected chi connectivity index (χ4v) is 2.31. The summed E-state index contributed by atoms with van der Waals surface area (Å²) in [5.74, 6) is 0.464. The number of nitrogens with zero attached hydrogens (tertiary/aromatic N) is 1. The van der Waals surface area contributed by atoms with Crippen LogP contribution in [0.2, 0.25) is 0 Å². The van der Waals surface area contributed by atoms with Crippen LogP contribution in [0.3, 0.4) is 0 Å². The number of carbonyl (C=O) groups is 2. The summed E-state index contributed by atoms with van der Waals surface area (Å²) in [5.41, 5.74) is 5.64. The Morgan fingerprint density at radius 2 is 2.00 bits per heavy atom. The van der Waals surface area contributed by atoms with Crippen molar-refractivity contribution in [3.8, 4) is 0 Å². The molecule has 0 aromatic heterocycles. The molecule has 0 aromatic rings. The molecule has 0 aromatic carbocycles. The molecule has 2 amide bonds. The molecule has 0 bridgehead atoms. The average Bonchev–Trinajstić information content (AvgIpc) is 2.76. The van der Waals surface area contributed by atoms with E-state index < -0.39 is 0 Å². The summed E-state index contributed by atoms with van der Waals surface area (Å²) in [6.07, 6.45) is 3.41. The number of nitrogens with two attached hydrogens (primary N) is 1. The van der Waals surface area contributed by atoms with Crippen molar-refractivity contribution < 1.29 is 9.59 Å². The number of nitrogens with one attached hydrogen (secondary N) is 1. The second kappa shape index (κ2) is 8.32. The van der Waals surface area contributed by atoms with Crippen LogP contribution in [0.15, 0.2) is 0 Å². The van der Waals surface area contributed by atoms with Gasteiger partial charge in [-0.2, -0.15) is 0 Å². The molecule has 1 aliphatic carbocycles. The predicted molar refractivity (Wildman–Crippen MR) is 73.5 cm³/mol. The van der Waals surface area contributed by atoms with Crippen LogP contribution in [0.1, 0.15) is 25.7 Å². The van der Waals surface area contributed by atoms with Crippen molar-refractivity contribution in [2.24, 2.45) is 17.6 Å². The number of rotatable bonds is 5. The van der Waals surface area contributed by atoms with Crippen molar-refractivity contribution in [2.45, 2.75) is 25.7 Å². The van der Waals surface area contributed by atoms with E-state index in [1.165, 1.54) is 4.90 Å². The highest BCUT2D eigenvalue weighted by Crippen LogP contribution is 2.30. The SMILES string of the molecule is CN(C)C(=O)CCNC(=O)[C@@H]1CCC[C@@H]1CN.Cl. The Morgan fingerprint density at radius 1 is 1.33 bits per heavy atom. The molecule has 1 saturated carbocycles. The van der Waals surface area contributed by atoms with E-state index in [0.717, 1.165) is 19.3 Å². The Balaban J connectivity index is 0.00000289. The minimum atomic E-state index is 0. The Labute approximate surface area is 115 Å². The smallest absolute Gasteiger partial charge is 0.223 e. The van der Waals surface area contributed by atoms with E-state index in [9.17, 15) is 9.59 Å². The van der Waals surface area contributed by atoms with Crippen LogP contribution in [0, 0.1) is 11.8 Å². The van der Waals surface area contributed by atoms with Crippen molar-refractivity contribution in [1.29, 1.82) is 0 Å². The first-order valence-corrected chi connectivity index (χ1v) is 6.24. The van der Waals surface area contributed by atoms with Crippen LogP contribution >= 0.6 is 12.4 Å². The van der Waals surface area contributed by atoms with E-state index in [1.807, 2.05) is 0 Å². The Hall–Kier alpha value is -0.810. The summed E-state index contributed by atoms with van der Waals surface area (Å²) >= 11 is 0. The Morgan fingerprint density at radius 3 is 2.56 bits per heavy atom. The largest absolute Gasteiger partial charge is 0.355 e. The van der Waals surface area contributed by atoms with Gasteiger partial charge in [-0.15, -0.1) is 12.4 Å². The molecular formula is C12H24ClN3O2. The predicted octanol–water partition coefficient (Wildman–Crippen LogP) is 0.378. The summed E-state index contributed by atoms with van der Waals surface area (Å²) in [7, 11) is 3.43. The summed E-state index contributed by atoms with van der Waals surface area (Å²) in [5, 5.41) is 2.83. The normalized spacial score (nSPS) is 22.2. The van der Waals surface area contributed by atoms with Gasteiger partial charge in [-0.25, -0.2) is 0 Å². The number of carbonyl (C=O) groups excluding carboxylic acids is 2. The molecule has 106 valence electrons. The van der Waals surface area contributed by atoms with E-state index in [2.05, 4.69) is 5.32 Å². The van der Waals surface area contributed by atoms with Gasteiger partial charge >= 0.3 is 0 Å². The second-order valence-electron chi connectivity index (χ2n) is 4.86. The standard InChI is InChI=1S/C12H23N3O2.ClH/c1-15(2)11(16)6-7-14-12(17)10-5-3-4-9(10)8-13;/h9-10H,3-8,13H2,1-2H3,(H,14,17);1H/t9-,10-;/m1./s1. The first-order chi connectivity index (χ1) is 8.06. The van der Waals surface area contributed by atoms with Crippen molar-refractivity contribution in [2.75, 3.05) is 27.2 Å². The van der Waals surface area contributed by atoms with Crippen LogP contribution in [-0.4, -0.2) is 43.9 Å². The molecule has 1 fully saturated rings. The summed E-state index contributed by atoms with van der Waals surface area (Å²) in [6, 6.07) is 0. The van der Waals surface area contributed by atoms with Crippen molar-refractivity contribution >= 4 is 24.2 Å². The fraction of sp³-hybridized carbons (Fsp3) is 0.833. The lowest BCUT2D eigenvalue weighted by atomic mass is 9.95. The molecule has 3 N–H and O–H groups in total. The minimum absolute atomic E-state index is 0. The molecule has 2 atom stereocenters. The third-order valence-electron chi connectivity index (χ3n) is 3.44. The van der Waals surface area contributed by atoms with Crippen molar-refractivity contribution in [1.82, 2.24) is 10.2 Å². The number of amides is 2. The lowest BCUT2D eigenvalue weighted by molar-refractivity contribution is -0.129. The lowest BCUT2D eigenvalue weighted by Crippen LogP contribution is -2.37. The van der Waals surface area contributed by atoms with Gasteiger partial charge in [0.25, 0.3) is 0 Å². The summed E-state index contributed by atoms with van der Waals surface area (Å²) < 4.78 is 0. The monoisotopic (exact) mass is 277 g/mol. The van der Waals surface area contributed by atoms with Gasteiger partial charge in [-0.1, -0.05) is 6.42 Å². The zero-order chi connectivity index (χ0) is 12.8. The van der Waals surface area contributed by atoms with Gasteiger partial charge in [0.2, 0.25) is 11.8 Å². The van der Waals surface area contributed by atoms with Crippen molar-refractivity contribution in [3.63, 3.8) is 0 Å². The molecule has 0 saturated heterocycles. The molecule has 0 heterocycles. The van der Waals surface area contributed by atoms with E-state index >= 15 is 0 Å². The van der Waals surface area contributed by atoms with Gasteiger partial charge in [0.15, 0.2) is 0 Å². The number of halogens is 1. The molecular weight excluding hydrogens is 254 g/mol.